The quantitative estimate of drug-likeness (QED) is 0.800. The van der Waals surface area contributed by atoms with Crippen LogP contribution >= 0.6 is 23.1 Å². The zero-order valence-corrected chi connectivity index (χ0v) is 16.1. The van der Waals surface area contributed by atoms with Crippen molar-refractivity contribution in [1.29, 1.82) is 0 Å². The Balaban J connectivity index is 1.57. The molecule has 2 N–H and O–H groups in total. The fraction of sp³-hybridized carbons (Fsp3) is 0.368. The van der Waals surface area contributed by atoms with Crippen molar-refractivity contribution in [2.45, 2.75) is 31.9 Å². The molecule has 6 heteroatoms. The molecule has 2 amide bonds. The average molecular weight is 375 g/mol. The first kappa shape index (κ1) is 18.0. The number of carbonyl (C=O) groups is 2. The van der Waals surface area contributed by atoms with Crippen LogP contribution in [0.25, 0.3) is 0 Å². The van der Waals surface area contributed by atoms with Gasteiger partial charge in [0, 0.05) is 16.2 Å². The first-order chi connectivity index (χ1) is 12.1. The highest BCUT2D eigenvalue weighted by Gasteiger charge is 2.20. The fourth-order valence-electron chi connectivity index (χ4n) is 2.98. The van der Waals surface area contributed by atoms with Crippen molar-refractivity contribution in [2.24, 2.45) is 5.92 Å². The second-order valence-corrected chi connectivity index (χ2v) is 8.45. The summed E-state index contributed by atoms with van der Waals surface area (Å²) < 4.78 is 0. The van der Waals surface area contributed by atoms with Crippen molar-refractivity contribution in [3.05, 3.63) is 56.8 Å². The van der Waals surface area contributed by atoms with Crippen LogP contribution in [0, 0.1) is 5.92 Å². The summed E-state index contributed by atoms with van der Waals surface area (Å²) in [6.45, 7) is 2.24. The van der Waals surface area contributed by atoms with E-state index >= 15 is 0 Å². The fourth-order valence-corrected chi connectivity index (χ4v) is 4.61. The molecule has 1 aliphatic carbocycles. The van der Waals surface area contributed by atoms with Gasteiger partial charge in [-0.05, 0) is 60.8 Å². The van der Waals surface area contributed by atoms with Gasteiger partial charge in [0.1, 0.15) is 0 Å². The molecule has 0 bridgehead atoms. The maximum atomic E-state index is 12.3. The lowest BCUT2D eigenvalue weighted by molar-refractivity contribution is 0.0849. The van der Waals surface area contributed by atoms with Gasteiger partial charge in [-0.15, -0.1) is 11.3 Å². The number of rotatable bonds is 4. The molecule has 0 unspecified atom stereocenters. The Labute approximate surface area is 156 Å². The van der Waals surface area contributed by atoms with Crippen molar-refractivity contribution >= 4 is 34.9 Å². The molecule has 0 fully saturated rings. The van der Waals surface area contributed by atoms with Crippen molar-refractivity contribution in [3.63, 3.8) is 0 Å². The van der Waals surface area contributed by atoms with E-state index in [0.717, 1.165) is 18.6 Å². The monoisotopic (exact) mass is 374 g/mol. The Hall–Kier alpha value is -1.79. The number of aryl methyl sites for hydroxylation is 1. The van der Waals surface area contributed by atoms with Gasteiger partial charge in [-0.2, -0.15) is 11.8 Å². The van der Waals surface area contributed by atoms with Gasteiger partial charge in [-0.1, -0.05) is 19.1 Å². The normalized spacial score (nSPS) is 16.2. The summed E-state index contributed by atoms with van der Waals surface area (Å²) in [5.74, 6) is 1.03. The summed E-state index contributed by atoms with van der Waals surface area (Å²) in [5.41, 5.74) is 8.01. The molecule has 0 radical (unpaired) electrons. The molecule has 0 saturated carbocycles. The van der Waals surface area contributed by atoms with Crippen LogP contribution in [0.2, 0.25) is 0 Å². The van der Waals surface area contributed by atoms with Gasteiger partial charge in [0.25, 0.3) is 11.8 Å². The summed E-state index contributed by atoms with van der Waals surface area (Å²) in [4.78, 5) is 26.4. The van der Waals surface area contributed by atoms with Gasteiger partial charge in [0.05, 0.1) is 4.88 Å². The summed E-state index contributed by atoms with van der Waals surface area (Å²) in [6.07, 6.45) is 5.30. The molecule has 1 heterocycles. The van der Waals surface area contributed by atoms with Crippen LogP contribution in [0.1, 0.15) is 49.4 Å². The van der Waals surface area contributed by atoms with Gasteiger partial charge < -0.3 is 0 Å². The van der Waals surface area contributed by atoms with Crippen LogP contribution in [-0.2, 0) is 18.6 Å². The lowest BCUT2D eigenvalue weighted by atomic mass is 9.90. The number of thioether (sulfide) groups is 1. The van der Waals surface area contributed by atoms with Crippen LogP contribution < -0.4 is 10.9 Å². The van der Waals surface area contributed by atoms with Gasteiger partial charge in [-0.25, -0.2) is 0 Å². The third-order valence-electron chi connectivity index (χ3n) is 4.37. The molecule has 4 nitrogen and oxygen atoms in total. The van der Waals surface area contributed by atoms with E-state index in [1.54, 1.807) is 23.9 Å². The number of hydrogen-bond donors (Lipinski definition) is 2. The smallest absolute Gasteiger partial charge is 0.267 e. The maximum absolute atomic E-state index is 12.3. The van der Waals surface area contributed by atoms with Crippen LogP contribution in [0.3, 0.4) is 0 Å². The largest absolute Gasteiger partial charge is 0.279 e. The lowest BCUT2D eigenvalue weighted by Crippen LogP contribution is -2.41. The first-order valence-corrected chi connectivity index (χ1v) is 10.6. The molecule has 2 aromatic rings. The number of hydrazine groups is 1. The zero-order chi connectivity index (χ0) is 17.8. The molecule has 1 aromatic heterocycles. The molecule has 1 atom stereocenters. The molecule has 0 saturated heterocycles. The topological polar surface area (TPSA) is 58.2 Å². The summed E-state index contributed by atoms with van der Waals surface area (Å²) in [7, 11) is 0. The predicted molar refractivity (Wildman–Crippen MR) is 104 cm³/mol. The zero-order valence-electron chi connectivity index (χ0n) is 14.4. The van der Waals surface area contributed by atoms with E-state index < -0.39 is 0 Å². The molecule has 132 valence electrons. The minimum absolute atomic E-state index is 0.251. The molecule has 3 rings (SSSR count). The van der Waals surface area contributed by atoms with E-state index in [4.69, 9.17) is 0 Å². The second-order valence-electron chi connectivity index (χ2n) is 6.45. The minimum atomic E-state index is -0.306. The van der Waals surface area contributed by atoms with E-state index in [0.29, 0.717) is 16.4 Å². The molecule has 0 aliphatic heterocycles. The van der Waals surface area contributed by atoms with E-state index in [2.05, 4.69) is 17.8 Å². The number of hydrogen-bond acceptors (Lipinski definition) is 4. The Morgan fingerprint density at radius 2 is 1.92 bits per heavy atom. The Morgan fingerprint density at radius 3 is 2.64 bits per heavy atom. The van der Waals surface area contributed by atoms with E-state index in [9.17, 15) is 9.59 Å². The van der Waals surface area contributed by atoms with E-state index in [1.165, 1.54) is 33.8 Å². The first-order valence-electron chi connectivity index (χ1n) is 8.37. The number of amides is 2. The third kappa shape index (κ3) is 4.44. The van der Waals surface area contributed by atoms with E-state index in [-0.39, 0.29) is 11.8 Å². The maximum Gasteiger partial charge on any atom is 0.279 e. The SMILES string of the molecule is CSCc1ccc(C(=O)NNC(=O)c2cc3c(s2)CC[C@H](C)C3)cc1. The molecule has 0 spiro atoms. The molecule has 25 heavy (non-hydrogen) atoms. The van der Waals surface area contributed by atoms with Crippen molar-refractivity contribution in [3.8, 4) is 0 Å². The second kappa shape index (κ2) is 8.06. The Kier molecular flexibility index (Phi) is 5.81. The number of carbonyl (C=O) groups excluding carboxylic acids is 2. The number of thiophene rings is 1. The number of fused-ring (bicyclic) bond motifs is 1. The van der Waals surface area contributed by atoms with Crippen molar-refractivity contribution in [1.82, 2.24) is 10.9 Å². The van der Waals surface area contributed by atoms with Crippen molar-refractivity contribution < 1.29 is 9.59 Å². The molecular formula is C19H22N2O2S2. The summed E-state index contributed by atoms with van der Waals surface area (Å²) in [5, 5.41) is 0. The van der Waals surface area contributed by atoms with Crippen molar-refractivity contribution in [2.75, 3.05) is 6.26 Å². The summed E-state index contributed by atoms with van der Waals surface area (Å²) >= 11 is 3.27. The number of nitrogens with one attached hydrogen (secondary N) is 2. The van der Waals surface area contributed by atoms with Gasteiger partial charge >= 0.3 is 0 Å². The predicted octanol–water partition coefficient (Wildman–Crippen LogP) is 3.81. The lowest BCUT2D eigenvalue weighted by Gasteiger charge is -2.16. The molecular weight excluding hydrogens is 352 g/mol. The third-order valence-corrected chi connectivity index (χ3v) is 6.23. The highest BCUT2D eigenvalue weighted by molar-refractivity contribution is 7.97. The highest BCUT2D eigenvalue weighted by atomic mass is 32.2. The van der Waals surface area contributed by atoms with Gasteiger partial charge in [0.2, 0.25) is 0 Å². The van der Waals surface area contributed by atoms with Crippen LogP contribution in [0.5, 0.6) is 0 Å². The van der Waals surface area contributed by atoms with Gasteiger partial charge in [-0.3, -0.25) is 20.4 Å². The Bertz CT molecular complexity index is 768. The summed E-state index contributed by atoms with van der Waals surface area (Å²) in [6, 6.07) is 9.38. The van der Waals surface area contributed by atoms with Gasteiger partial charge in [0.15, 0.2) is 0 Å². The van der Waals surface area contributed by atoms with Crippen LogP contribution in [0.4, 0.5) is 0 Å². The van der Waals surface area contributed by atoms with E-state index in [1.807, 2.05) is 24.5 Å². The molecule has 1 aliphatic rings. The average Bonchev–Trinajstić information content (AvgIpc) is 3.03. The molecule has 1 aromatic carbocycles. The number of benzene rings is 1. The van der Waals surface area contributed by atoms with Crippen LogP contribution in [0.15, 0.2) is 30.3 Å². The van der Waals surface area contributed by atoms with Crippen LogP contribution in [-0.4, -0.2) is 18.1 Å². The minimum Gasteiger partial charge on any atom is -0.267 e. The highest BCUT2D eigenvalue weighted by Crippen LogP contribution is 2.32. The Morgan fingerprint density at radius 1 is 1.20 bits per heavy atom. The standard InChI is InChI=1S/C19H22N2O2S2/c1-12-3-8-16-15(9-12)10-17(25-16)19(23)21-20-18(22)14-6-4-13(5-7-14)11-24-2/h4-7,10,12H,3,8-9,11H2,1-2H3,(H,20,22)(H,21,23)/t12-/m0/s1.